The zero-order chi connectivity index (χ0) is 44.1. The molecule has 3 aliphatic heterocycles. The van der Waals surface area contributed by atoms with Crippen molar-refractivity contribution >= 4 is 40.6 Å². The van der Waals surface area contributed by atoms with Gasteiger partial charge in [-0.15, -0.1) is 0 Å². The van der Waals surface area contributed by atoms with Gasteiger partial charge in [-0.3, -0.25) is 19.4 Å². The second-order valence-electron chi connectivity index (χ2n) is 17.4. The number of halogens is 1. The van der Waals surface area contributed by atoms with Crippen molar-refractivity contribution in [1.29, 1.82) is 0 Å². The molecule has 0 spiro atoms. The SMILES string of the molecule is NC(N)=C(/C=C(\N)c1ccccc1O)N1CCOC(c2ccc(C(=O)N3CCC(F)(CN4CCC(c5cn(C6CCC6)c6cc(NC(=O)CCNC=O)cnc56)CC4)CC3)cc2)C1. The molecular weight excluding hydrogens is 804 g/mol. The molecular formula is C47H59FN10O5. The predicted octanol–water partition coefficient (Wildman–Crippen LogP) is 4.83. The summed E-state index contributed by atoms with van der Waals surface area (Å²) in [5.41, 5.74) is 23.8. The number of nitrogens with one attached hydrogen (secondary N) is 2. The van der Waals surface area contributed by atoms with E-state index >= 15 is 4.39 Å². The fourth-order valence-electron chi connectivity index (χ4n) is 9.42. The van der Waals surface area contributed by atoms with Crippen LogP contribution in [0.15, 0.2) is 84.6 Å². The lowest BCUT2D eigenvalue weighted by molar-refractivity contribution is -0.116. The molecule has 16 heteroatoms. The van der Waals surface area contributed by atoms with Crippen LogP contribution >= 0.6 is 0 Å². The number of aromatic nitrogens is 2. The summed E-state index contributed by atoms with van der Waals surface area (Å²) < 4.78 is 24.9. The number of para-hydroxylation sites is 1. The van der Waals surface area contributed by atoms with Crippen LogP contribution < -0.4 is 27.8 Å². The van der Waals surface area contributed by atoms with Crippen molar-refractivity contribution < 1.29 is 28.6 Å². The normalized spacial score (nSPS) is 20.0. The van der Waals surface area contributed by atoms with Gasteiger partial charge in [-0.1, -0.05) is 24.3 Å². The number of phenols is 1. The minimum atomic E-state index is -1.37. The number of hydrogen-bond donors (Lipinski definition) is 6. The number of aromatic hydroxyl groups is 1. The standard InChI is InChI=1S/C47H59FN10O5/c48-47(29-55-18-13-31(14-19-55)37-27-58(35-4-3-5-35)39-24-34(26-53-44(37)39)54-43(61)12-17-52-30-59)15-20-56(21-16-47)46(62)33-10-8-32(9-11-33)42-28-57(22-23-63-42)40(45(50)51)25-38(49)36-6-1-2-7-41(36)60/h1-2,6-11,24-27,30-31,35,42,60H,3-5,12-23,28-29,49-51H2,(H,52,59)(H,54,61)/b38-25-. The number of piperidine rings is 2. The Kier molecular flexibility index (Phi) is 13.2. The number of anilines is 1. The molecule has 3 amide bonds. The summed E-state index contributed by atoms with van der Waals surface area (Å²) in [7, 11) is 0. The number of amides is 3. The van der Waals surface area contributed by atoms with E-state index in [1.165, 1.54) is 12.0 Å². The molecule has 4 fully saturated rings. The van der Waals surface area contributed by atoms with Crippen LogP contribution in [0.1, 0.15) is 96.5 Å². The average Bonchev–Trinajstić information content (AvgIpc) is 3.63. The Morgan fingerprint density at radius 3 is 2.40 bits per heavy atom. The maximum atomic E-state index is 16.4. The zero-order valence-corrected chi connectivity index (χ0v) is 35.7. The summed E-state index contributed by atoms with van der Waals surface area (Å²) in [6.45, 7) is 4.30. The van der Waals surface area contributed by atoms with E-state index in [-0.39, 0.29) is 55.3 Å². The van der Waals surface area contributed by atoms with E-state index in [4.69, 9.17) is 26.9 Å². The molecule has 8 rings (SSSR count). The third kappa shape index (κ3) is 9.92. The highest BCUT2D eigenvalue weighted by atomic mass is 19.1. The number of hydrogen-bond acceptors (Lipinski definition) is 11. The number of benzene rings is 2. The van der Waals surface area contributed by atoms with E-state index in [9.17, 15) is 19.5 Å². The van der Waals surface area contributed by atoms with Crippen LogP contribution in [-0.2, 0) is 14.3 Å². The molecule has 15 nitrogen and oxygen atoms in total. The van der Waals surface area contributed by atoms with E-state index in [2.05, 4.69) is 26.3 Å². The van der Waals surface area contributed by atoms with E-state index in [1.807, 2.05) is 23.1 Å². The molecule has 9 N–H and O–H groups in total. The van der Waals surface area contributed by atoms with Crippen molar-refractivity contribution in [1.82, 2.24) is 29.6 Å². The molecule has 5 heterocycles. The lowest BCUT2D eigenvalue weighted by Crippen LogP contribution is -2.51. The number of likely N-dealkylation sites (tertiary alicyclic amines) is 2. The number of morpholine rings is 1. The fourth-order valence-corrected chi connectivity index (χ4v) is 9.42. The largest absolute Gasteiger partial charge is 0.507 e. The molecule has 0 radical (unpaired) electrons. The number of ether oxygens (including phenoxy) is 1. The first-order chi connectivity index (χ1) is 30.5. The molecule has 2 aromatic carbocycles. The molecule has 3 saturated heterocycles. The molecule has 4 aromatic rings. The second-order valence-corrected chi connectivity index (χ2v) is 17.4. The Hall–Kier alpha value is -6.13. The van der Waals surface area contributed by atoms with Crippen LogP contribution in [0.25, 0.3) is 16.7 Å². The third-order valence-corrected chi connectivity index (χ3v) is 13.2. The smallest absolute Gasteiger partial charge is 0.253 e. The quantitative estimate of drug-likeness (QED) is 0.0575. The number of phenolic OH excluding ortho intramolecular Hbond substituents is 1. The first-order valence-electron chi connectivity index (χ1n) is 22.1. The highest BCUT2D eigenvalue weighted by molar-refractivity contribution is 5.94. The van der Waals surface area contributed by atoms with Gasteiger partial charge in [0.25, 0.3) is 5.91 Å². The number of carbonyl (C=O) groups is 3. The molecule has 334 valence electrons. The average molecular weight is 863 g/mol. The molecule has 1 unspecified atom stereocenters. The Morgan fingerprint density at radius 2 is 1.71 bits per heavy atom. The van der Waals surface area contributed by atoms with Crippen molar-refractivity contribution in [2.75, 3.05) is 64.3 Å². The number of rotatable bonds is 14. The fraction of sp³-hybridized carbons (Fsp3) is 0.447. The molecule has 1 atom stereocenters. The number of allylic oxidation sites excluding steroid dienone is 1. The molecule has 0 bridgehead atoms. The summed E-state index contributed by atoms with van der Waals surface area (Å²) in [6, 6.07) is 16.6. The molecule has 1 aliphatic carbocycles. The van der Waals surface area contributed by atoms with E-state index in [0.29, 0.717) is 85.9 Å². The number of nitrogens with two attached hydrogens (primary N) is 3. The molecule has 4 aliphatic rings. The number of pyridine rings is 1. The number of alkyl halides is 1. The topological polar surface area (TPSA) is 210 Å². The number of fused-ring (bicyclic) bond motifs is 1. The summed E-state index contributed by atoms with van der Waals surface area (Å²) in [5.74, 6) is 0.159. The first kappa shape index (κ1) is 43.5. The van der Waals surface area contributed by atoms with Crippen LogP contribution in [0.3, 0.4) is 0 Å². The van der Waals surface area contributed by atoms with Crippen LogP contribution in [0, 0.1) is 0 Å². The Morgan fingerprint density at radius 1 is 0.968 bits per heavy atom. The summed E-state index contributed by atoms with van der Waals surface area (Å²) in [5, 5.41) is 15.7. The van der Waals surface area contributed by atoms with E-state index in [0.717, 1.165) is 55.4 Å². The van der Waals surface area contributed by atoms with Crippen LogP contribution in [0.5, 0.6) is 5.75 Å². The van der Waals surface area contributed by atoms with Gasteiger partial charge in [0.15, 0.2) is 0 Å². The van der Waals surface area contributed by atoms with Gasteiger partial charge >= 0.3 is 0 Å². The number of nitrogens with zero attached hydrogens (tertiary/aromatic N) is 5. The number of carbonyl (C=O) groups excluding carboxylic acids is 3. The maximum absolute atomic E-state index is 16.4. The summed E-state index contributed by atoms with van der Waals surface area (Å²) in [6.07, 6.45) is 11.9. The highest BCUT2D eigenvalue weighted by Crippen LogP contribution is 2.41. The lowest BCUT2D eigenvalue weighted by Gasteiger charge is -2.41. The van der Waals surface area contributed by atoms with Gasteiger partial charge in [0.05, 0.1) is 35.2 Å². The summed E-state index contributed by atoms with van der Waals surface area (Å²) >= 11 is 0. The maximum Gasteiger partial charge on any atom is 0.253 e. The Balaban J connectivity index is 0.830. The van der Waals surface area contributed by atoms with Crippen molar-refractivity contribution in [3.8, 4) is 5.75 Å². The van der Waals surface area contributed by atoms with Crippen molar-refractivity contribution in [3.05, 3.63) is 107 Å². The van der Waals surface area contributed by atoms with Crippen molar-refractivity contribution in [2.45, 2.75) is 75.1 Å². The molecule has 1 saturated carbocycles. The van der Waals surface area contributed by atoms with Gasteiger partial charge in [0.2, 0.25) is 12.3 Å². The predicted molar refractivity (Wildman–Crippen MR) is 240 cm³/mol. The lowest BCUT2D eigenvalue weighted by atomic mass is 9.88. The van der Waals surface area contributed by atoms with Gasteiger partial charge < -0.3 is 56.9 Å². The summed E-state index contributed by atoms with van der Waals surface area (Å²) in [4.78, 5) is 47.5. The van der Waals surface area contributed by atoms with Gasteiger partial charge in [-0.2, -0.15) is 0 Å². The minimum Gasteiger partial charge on any atom is -0.507 e. The monoisotopic (exact) mass is 862 g/mol. The van der Waals surface area contributed by atoms with Gasteiger partial charge in [-0.25, -0.2) is 4.39 Å². The zero-order valence-electron chi connectivity index (χ0n) is 35.7. The first-order valence-corrected chi connectivity index (χ1v) is 22.1. The van der Waals surface area contributed by atoms with Gasteiger partial charge in [0.1, 0.15) is 23.3 Å². The van der Waals surface area contributed by atoms with Crippen LogP contribution in [0.4, 0.5) is 10.1 Å². The van der Waals surface area contributed by atoms with Crippen LogP contribution in [0.2, 0.25) is 0 Å². The molecule has 63 heavy (non-hydrogen) atoms. The van der Waals surface area contributed by atoms with Gasteiger partial charge in [0, 0.05) is 87.6 Å². The van der Waals surface area contributed by atoms with E-state index < -0.39 is 5.67 Å². The Bertz CT molecular complexity index is 2340. The highest BCUT2D eigenvalue weighted by Gasteiger charge is 2.39. The molecule has 2 aromatic heterocycles. The van der Waals surface area contributed by atoms with E-state index in [1.54, 1.807) is 53.6 Å². The Labute approximate surface area is 367 Å². The van der Waals surface area contributed by atoms with Gasteiger partial charge in [-0.05, 0) is 98.6 Å². The third-order valence-electron chi connectivity index (χ3n) is 13.2. The second kappa shape index (κ2) is 19.1. The van der Waals surface area contributed by atoms with Crippen molar-refractivity contribution in [2.24, 2.45) is 17.2 Å². The van der Waals surface area contributed by atoms with Crippen LogP contribution in [-0.4, -0.2) is 112 Å². The minimum absolute atomic E-state index is 0.0559. The van der Waals surface area contributed by atoms with Crippen molar-refractivity contribution in [3.63, 3.8) is 0 Å².